The maximum absolute atomic E-state index is 13.5. The maximum Gasteiger partial charge on any atom is 0.246 e. The van der Waals surface area contributed by atoms with Crippen molar-refractivity contribution >= 4 is 39.1 Å². The molecule has 1 aliphatic carbocycles. The molecule has 2 amide bonds. The van der Waals surface area contributed by atoms with Crippen LogP contribution in [-0.4, -0.2) is 52.8 Å². The normalized spacial score (nSPS) is 25.7. The molecule has 1 unspecified atom stereocenters. The molecule has 30 heavy (non-hydrogen) atoms. The van der Waals surface area contributed by atoms with Gasteiger partial charge in [-0.25, -0.2) is 0 Å². The lowest BCUT2D eigenvalue weighted by Gasteiger charge is -2.52. The number of piperidine rings is 1. The first-order valence-corrected chi connectivity index (χ1v) is 13.2. The maximum atomic E-state index is 13.5. The zero-order valence-electron chi connectivity index (χ0n) is 18.0. The predicted octanol–water partition coefficient (Wildman–Crippen LogP) is 4.55. The van der Waals surface area contributed by atoms with E-state index in [2.05, 4.69) is 45.2 Å². The molecule has 5 nitrogen and oxygen atoms in total. The van der Waals surface area contributed by atoms with E-state index >= 15 is 0 Å². The third kappa shape index (κ3) is 4.63. The van der Waals surface area contributed by atoms with Crippen LogP contribution in [0.3, 0.4) is 0 Å². The van der Waals surface area contributed by atoms with E-state index in [4.69, 9.17) is 0 Å². The van der Waals surface area contributed by atoms with Crippen LogP contribution in [0.15, 0.2) is 15.9 Å². The molecular weight excluding hydrogens is 462 g/mol. The van der Waals surface area contributed by atoms with Crippen molar-refractivity contribution in [1.29, 1.82) is 0 Å². The van der Waals surface area contributed by atoms with Crippen LogP contribution in [0.5, 0.6) is 0 Å². The molecule has 2 saturated heterocycles. The van der Waals surface area contributed by atoms with Crippen molar-refractivity contribution in [3.8, 4) is 0 Å². The summed E-state index contributed by atoms with van der Waals surface area (Å²) in [5, 5.41) is 3.18. The minimum Gasteiger partial charge on any atom is -0.342 e. The highest BCUT2D eigenvalue weighted by molar-refractivity contribution is 9.11. The molecule has 0 aromatic carbocycles. The van der Waals surface area contributed by atoms with Gasteiger partial charge < -0.3 is 10.2 Å². The predicted molar refractivity (Wildman–Crippen MR) is 124 cm³/mol. The van der Waals surface area contributed by atoms with E-state index in [0.29, 0.717) is 12.5 Å². The van der Waals surface area contributed by atoms with Gasteiger partial charge >= 0.3 is 0 Å². The first kappa shape index (κ1) is 22.3. The van der Waals surface area contributed by atoms with Crippen LogP contribution in [0.25, 0.3) is 0 Å². The standard InChI is InChI=1S/C23H34BrN3O2S/c1-2-12-27-21(28)19(15-17-6-4-3-5-7-17)25-22(29)23(27)10-13-26(14-11-23)16-18-8-9-20(24)30-18/h8-9,17,19H,2-7,10-16H2,1H3,(H,25,29). The van der Waals surface area contributed by atoms with Gasteiger partial charge in [0.25, 0.3) is 0 Å². The number of hydrogen-bond donors (Lipinski definition) is 1. The second kappa shape index (κ2) is 9.70. The zero-order valence-corrected chi connectivity index (χ0v) is 20.4. The first-order chi connectivity index (χ1) is 14.5. The van der Waals surface area contributed by atoms with Gasteiger partial charge in [0.15, 0.2) is 0 Å². The molecule has 1 atom stereocenters. The highest BCUT2D eigenvalue weighted by Gasteiger charge is 2.53. The number of nitrogens with zero attached hydrogens (tertiary/aromatic N) is 2. The van der Waals surface area contributed by atoms with Gasteiger partial charge in [-0.2, -0.15) is 0 Å². The van der Waals surface area contributed by atoms with Gasteiger partial charge in [0.1, 0.15) is 11.6 Å². The number of amides is 2. The zero-order chi connectivity index (χ0) is 21.1. The van der Waals surface area contributed by atoms with Crippen molar-refractivity contribution in [2.24, 2.45) is 5.92 Å². The average Bonchev–Trinajstić information content (AvgIpc) is 3.16. The largest absolute Gasteiger partial charge is 0.342 e. The molecule has 1 saturated carbocycles. The molecule has 1 aromatic rings. The topological polar surface area (TPSA) is 52.7 Å². The highest BCUT2D eigenvalue weighted by atomic mass is 79.9. The summed E-state index contributed by atoms with van der Waals surface area (Å²) in [7, 11) is 0. The minimum absolute atomic E-state index is 0.0925. The summed E-state index contributed by atoms with van der Waals surface area (Å²) in [5.74, 6) is 0.838. The van der Waals surface area contributed by atoms with Crippen molar-refractivity contribution in [3.05, 3.63) is 20.8 Å². The number of carbonyl (C=O) groups excluding carboxylic acids is 2. The lowest BCUT2D eigenvalue weighted by Crippen LogP contribution is -2.73. The summed E-state index contributed by atoms with van der Waals surface area (Å²) >= 11 is 5.30. The van der Waals surface area contributed by atoms with Crippen LogP contribution in [0, 0.1) is 5.92 Å². The Hall–Kier alpha value is -0.920. The Balaban J connectivity index is 1.43. The third-order valence-electron chi connectivity index (χ3n) is 7.24. The van der Waals surface area contributed by atoms with Gasteiger partial charge in [0.05, 0.1) is 3.79 Å². The Morgan fingerprint density at radius 1 is 1.17 bits per heavy atom. The number of carbonyl (C=O) groups is 2. The van der Waals surface area contributed by atoms with E-state index in [1.807, 2.05) is 4.90 Å². The molecule has 3 heterocycles. The lowest BCUT2D eigenvalue weighted by molar-refractivity contribution is -0.162. The smallest absolute Gasteiger partial charge is 0.246 e. The summed E-state index contributed by atoms with van der Waals surface area (Å²) in [4.78, 5) is 32.6. The molecule has 1 spiro atoms. The average molecular weight is 497 g/mol. The quantitative estimate of drug-likeness (QED) is 0.629. The lowest BCUT2D eigenvalue weighted by atomic mass is 9.79. The molecule has 3 fully saturated rings. The van der Waals surface area contributed by atoms with Crippen LogP contribution in [0.2, 0.25) is 0 Å². The highest BCUT2D eigenvalue weighted by Crippen LogP contribution is 2.36. The number of rotatable bonds is 6. The SMILES string of the molecule is CCCN1C(=O)C(CC2CCCCC2)NC(=O)C12CCN(Cc1ccc(Br)s1)CC2. The van der Waals surface area contributed by atoms with Gasteiger partial charge in [-0.15, -0.1) is 11.3 Å². The molecule has 1 N–H and O–H groups in total. The van der Waals surface area contributed by atoms with Crippen LogP contribution >= 0.6 is 27.3 Å². The van der Waals surface area contributed by atoms with Crippen molar-refractivity contribution in [3.63, 3.8) is 0 Å². The molecule has 0 radical (unpaired) electrons. The van der Waals surface area contributed by atoms with Crippen molar-refractivity contribution in [2.75, 3.05) is 19.6 Å². The molecule has 4 rings (SSSR count). The number of piperazine rings is 1. The molecular formula is C23H34BrN3O2S. The summed E-state index contributed by atoms with van der Waals surface area (Å²) in [6, 6.07) is 3.93. The summed E-state index contributed by atoms with van der Waals surface area (Å²) in [5.41, 5.74) is -0.650. The van der Waals surface area contributed by atoms with E-state index in [9.17, 15) is 9.59 Å². The minimum atomic E-state index is -0.650. The van der Waals surface area contributed by atoms with E-state index in [1.54, 1.807) is 11.3 Å². The summed E-state index contributed by atoms with van der Waals surface area (Å²) < 4.78 is 1.15. The monoisotopic (exact) mass is 495 g/mol. The Morgan fingerprint density at radius 2 is 1.90 bits per heavy atom. The number of hydrogen-bond acceptors (Lipinski definition) is 4. The van der Waals surface area contributed by atoms with Crippen LogP contribution < -0.4 is 5.32 Å². The van der Waals surface area contributed by atoms with Gasteiger partial charge in [-0.05, 0) is 59.7 Å². The van der Waals surface area contributed by atoms with Gasteiger partial charge in [0.2, 0.25) is 11.8 Å². The Morgan fingerprint density at radius 3 is 2.53 bits per heavy atom. The third-order valence-corrected chi connectivity index (χ3v) is 8.85. The summed E-state index contributed by atoms with van der Waals surface area (Å²) in [6.07, 6.45) is 9.41. The van der Waals surface area contributed by atoms with Crippen LogP contribution in [-0.2, 0) is 16.1 Å². The van der Waals surface area contributed by atoms with E-state index < -0.39 is 5.54 Å². The van der Waals surface area contributed by atoms with Crippen molar-refractivity contribution < 1.29 is 9.59 Å². The van der Waals surface area contributed by atoms with Crippen LogP contribution in [0.4, 0.5) is 0 Å². The number of nitrogens with one attached hydrogen (secondary N) is 1. The summed E-state index contributed by atoms with van der Waals surface area (Å²) in [6.45, 7) is 5.41. The first-order valence-electron chi connectivity index (χ1n) is 11.6. The van der Waals surface area contributed by atoms with E-state index in [0.717, 1.165) is 49.1 Å². The molecule has 7 heteroatoms. The molecule has 166 valence electrons. The Bertz CT molecular complexity index is 753. The molecule has 2 aliphatic heterocycles. The Kier molecular flexibility index (Phi) is 7.20. The number of thiophene rings is 1. The van der Waals surface area contributed by atoms with E-state index in [1.165, 1.54) is 37.0 Å². The molecule has 3 aliphatic rings. The van der Waals surface area contributed by atoms with Gasteiger partial charge in [0, 0.05) is 31.1 Å². The number of likely N-dealkylation sites (tertiary alicyclic amines) is 1. The molecule has 0 bridgehead atoms. The number of halogens is 1. The fourth-order valence-corrected chi connectivity index (χ4v) is 7.10. The second-order valence-corrected chi connectivity index (χ2v) is 11.8. The fraction of sp³-hybridized carbons (Fsp3) is 0.739. The second-order valence-electron chi connectivity index (χ2n) is 9.27. The Labute approximate surface area is 192 Å². The van der Waals surface area contributed by atoms with Crippen molar-refractivity contribution in [1.82, 2.24) is 15.1 Å². The van der Waals surface area contributed by atoms with Crippen molar-refractivity contribution in [2.45, 2.75) is 82.8 Å². The fourth-order valence-electron chi connectivity index (χ4n) is 5.57. The molecule has 1 aromatic heterocycles. The van der Waals surface area contributed by atoms with Gasteiger partial charge in [-0.1, -0.05) is 39.0 Å². The van der Waals surface area contributed by atoms with Crippen LogP contribution in [0.1, 0.15) is 69.6 Å². The van der Waals surface area contributed by atoms with Gasteiger partial charge in [-0.3, -0.25) is 14.5 Å². The van der Waals surface area contributed by atoms with E-state index in [-0.39, 0.29) is 17.9 Å².